The first-order valence-corrected chi connectivity index (χ1v) is 4.97. The van der Waals surface area contributed by atoms with Crippen LogP contribution in [0.2, 0.25) is 0 Å². The number of ether oxygens (including phenoxy) is 1. The number of rotatable bonds is 3. The number of hydrogen-bond acceptors (Lipinski definition) is 5. The molecule has 2 aromatic rings. The van der Waals surface area contributed by atoms with E-state index in [0.717, 1.165) is 0 Å². The first kappa shape index (κ1) is 11.5. The van der Waals surface area contributed by atoms with E-state index < -0.39 is 11.9 Å². The average molecular weight is 238 g/mol. The molecule has 0 fully saturated rings. The second-order valence-electron chi connectivity index (χ2n) is 3.48. The number of aromatic nitrogens is 2. The maximum Gasteiger partial charge on any atom is 0.260 e. The van der Waals surface area contributed by atoms with Crippen LogP contribution >= 0.6 is 0 Å². The Labute approximate surface area is 96.8 Å². The lowest BCUT2D eigenvalue weighted by atomic mass is 10.2. The predicted octanol–water partition coefficient (Wildman–Crippen LogP) is 1.94. The van der Waals surface area contributed by atoms with Crippen LogP contribution in [0.1, 0.15) is 18.9 Å². The summed E-state index contributed by atoms with van der Waals surface area (Å²) in [7, 11) is 1.45. The molecule has 90 valence electrons. The van der Waals surface area contributed by atoms with Crippen LogP contribution in [-0.4, -0.2) is 22.4 Å². The van der Waals surface area contributed by atoms with E-state index in [1.165, 1.54) is 26.2 Å². The molecule has 0 saturated heterocycles. The first-order chi connectivity index (χ1) is 8.11. The minimum Gasteiger partial charge on any atom is -0.497 e. The molecule has 6 heteroatoms. The molecular formula is C11H11FN2O3. The molecule has 1 unspecified atom stereocenters. The molecule has 0 amide bonds. The average Bonchev–Trinajstić information content (AvgIpc) is 2.78. The fourth-order valence-electron chi connectivity index (χ4n) is 1.31. The van der Waals surface area contributed by atoms with Gasteiger partial charge in [0.2, 0.25) is 0 Å². The van der Waals surface area contributed by atoms with Crippen molar-refractivity contribution in [2.24, 2.45) is 0 Å². The van der Waals surface area contributed by atoms with Crippen LogP contribution in [0.3, 0.4) is 0 Å². The van der Waals surface area contributed by atoms with E-state index in [0.29, 0.717) is 5.75 Å². The predicted molar refractivity (Wildman–Crippen MR) is 56.9 cm³/mol. The summed E-state index contributed by atoms with van der Waals surface area (Å²) in [5, 5.41) is 12.8. The van der Waals surface area contributed by atoms with Gasteiger partial charge in [-0.2, -0.15) is 4.98 Å². The quantitative estimate of drug-likeness (QED) is 0.884. The van der Waals surface area contributed by atoms with Crippen molar-refractivity contribution in [3.8, 4) is 17.2 Å². The Balaban J connectivity index is 2.38. The Morgan fingerprint density at radius 2 is 2.24 bits per heavy atom. The van der Waals surface area contributed by atoms with Gasteiger partial charge < -0.3 is 14.4 Å². The van der Waals surface area contributed by atoms with E-state index in [2.05, 4.69) is 10.1 Å². The van der Waals surface area contributed by atoms with E-state index >= 15 is 0 Å². The second-order valence-corrected chi connectivity index (χ2v) is 3.48. The molecule has 1 N–H and O–H groups in total. The van der Waals surface area contributed by atoms with Gasteiger partial charge in [-0.25, -0.2) is 4.39 Å². The topological polar surface area (TPSA) is 68.4 Å². The highest BCUT2D eigenvalue weighted by Gasteiger charge is 2.16. The largest absolute Gasteiger partial charge is 0.497 e. The van der Waals surface area contributed by atoms with Gasteiger partial charge in [-0.05, 0) is 19.1 Å². The molecule has 1 aromatic heterocycles. The number of aliphatic hydroxyl groups excluding tert-OH is 1. The molecule has 1 atom stereocenters. The molecule has 0 aliphatic rings. The minimum atomic E-state index is -0.853. The lowest BCUT2D eigenvalue weighted by molar-refractivity contribution is 0.184. The molecule has 0 saturated carbocycles. The second kappa shape index (κ2) is 4.50. The lowest BCUT2D eigenvalue weighted by Gasteiger charge is -2.01. The Bertz CT molecular complexity index is 525. The normalized spacial score (nSPS) is 12.5. The number of nitrogens with zero attached hydrogens (tertiary/aromatic N) is 2. The van der Waals surface area contributed by atoms with Crippen molar-refractivity contribution in [1.82, 2.24) is 10.1 Å². The van der Waals surface area contributed by atoms with Crippen molar-refractivity contribution in [2.75, 3.05) is 7.11 Å². The van der Waals surface area contributed by atoms with Gasteiger partial charge in [-0.1, -0.05) is 5.16 Å². The van der Waals surface area contributed by atoms with Crippen molar-refractivity contribution in [3.63, 3.8) is 0 Å². The number of halogens is 1. The van der Waals surface area contributed by atoms with Crippen LogP contribution in [0, 0.1) is 5.82 Å². The standard InChI is InChI=1S/C11H11FN2O3/c1-6(15)10-13-11(17-14-10)8-4-3-7(16-2)5-9(8)12/h3-6,15H,1-2H3. The van der Waals surface area contributed by atoms with Gasteiger partial charge >= 0.3 is 0 Å². The molecule has 17 heavy (non-hydrogen) atoms. The van der Waals surface area contributed by atoms with E-state index in [1.807, 2.05) is 0 Å². The molecule has 0 radical (unpaired) electrons. The molecule has 0 aliphatic carbocycles. The summed E-state index contributed by atoms with van der Waals surface area (Å²) >= 11 is 0. The Morgan fingerprint density at radius 3 is 2.76 bits per heavy atom. The van der Waals surface area contributed by atoms with Gasteiger partial charge in [0.15, 0.2) is 5.82 Å². The highest BCUT2D eigenvalue weighted by atomic mass is 19.1. The van der Waals surface area contributed by atoms with Gasteiger partial charge in [0.05, 0.1) is 12.7 Å². The summed E-state index contributed by atoms with van der Waals surface area (Å²) in [6.45, 7) is 1.50. The highest BCUT2D eigenvalue weighted by Crippen LogP contribution is 2.25. The summed E-state index contributed by atoms with van der Waals surface area (Å²) in [6.07, 6.45) is -0.853. The van der Waals surface area contributed by atoms with Crippen LogP contribution in [-0.2, 0) is 0 Å². The fourth-order valence-corrected chi connectivity index (χ4v) is 1.31. The van der Waals surface area contributed by atoms with Gasteiger partial charge in [0.25, 0.3) is 5.89 Å². The summed E-state index contributed by atoms with van der Waals surface area (Å²) in [4.78, 5) is 3.89. The third kappa shape index (κ3) is 2.26. The summed E-state index contributed by atoms with van der Waals surface area (Å²) in [5.41, 5.74) is 0.171. The van der Waals surface area contributed by atoms with Crippen LogP contribution in [0.5, 0.6) is 5.75 Å². The Kier molecular flexibility index (Phi) is 3.06. The third-order valence-corrected chi connectivity index (χ3v) is 2.22. The van der Waals surface area contributed by atoms with Gasteiger partial charge in [0, 0.05) is 6.07 Å². The maximum absolute atomic E-state index is 13.7. The number of hydrogen-bond donors (Lipinski definition) is 1. The SMILES string of the molecule is COc1ccc(-c2nc(C(C)O)no2)c(F)c1. The van der Waals surface area contributed by atoms with E-state index in [4.69, 9.17) is 9.26 Å². The number of benzene rings is 1. The summed E-state index contributed by atoms with van der Waals surface area (Å²) in [6, 6.07) is 4.29. The third-order valence-electron chi connectivity index (χ3n) is 2.22. The van der Waals surface area contributed by atoms with E-state index in [-0.39, 0.29) is 17.3 Å². The van der Waals surface area contributed by atoms with Gasteiger partial charge in [-0.3, -0.25) is 0 Å². The molecule has 0 aliphatic heterocycles. The van der Waals surface area contributed by atoms with Crippen molar-refractivity contribution < 1.29 is 18.8 Å². The molecule has 1 aromatic carbocycles. The lowest BCUT2D eigenvalue weighted by Crippen LogP contribution is -1.93. The van der Waals surface area contributed by atoms with Crippen molar-refractivity contribution in [2.45, 2.75) is 13.0 Å². The fraction of sp³-hybridized carbons (Fsp3) is 0.273. The number of methoxy groups -OCH3 is 1. The highest BCUT2D eigenvalue weighted by molar-refractivity contribution is 5.55. The summed E-state index contributed by atoms with van der Waals surface area (Å²) in [5.74, 6) is 0.0305. The smallest absolute Gasteiger partial charge is 0.260 e. The molecule has 0 bridgehead atoms. The van der Waals surface area contributed by atoms with Crippen LogP contribution in [0.25, 0.3) is 11.5 Å². The molecule has 1 heterocycles. The van der Waals surface area contributed by atoms with Crippen LogP contribution in [0.4, 0.5) is 4.39 Å². The number of aliphatic hydroxyl groups is 1. The van der Waals surface area contributed by atoms with Gasteiger partial charge in [0.1, 0.15) is 17.7 Å². The van der Waals surface area contributed by atoms with E-state index in [1.54, 1.807) is 6.07 Å². The zero-order valence-corrected chi connectivity index (χ0v) is 9.35. The van der Waals surface area contributed by atoms with Gasteiger partial charge in [-0.15, -0.1) is 0 Å². The van der Waals surface area contributed by atoms with Crippen LogP contribution in [0.15, 0.2) is 22.7 Å². The minimum absolute atomic E-state index is 0.0288. The Morgan fingerprint density at radius 1 is 1.47 bits per heavy atom. The van der Waals surface area contributed by atoms with E-state index in [9.17, 15) is 9.50 Å². The van der Waals surface area contributed by atoms with Crippen molar-refractivity contribution >= 4 is 0 Å². The first-order valence-electron chi connectivity index (χ1n) is 4.97. The zero-order chi connectivity index (χ0) is 12.4. The van der Waals surface area contributed by atoms with Crippen molar-refractivity contribution in [3.05, 3.63) is 29.8 Å². The molecular weight excluding hydrogens is 227 g/mol. The Hall–Kier alpha value is -1.95. The summed E-state index contributed by atoms with van der Waals surface area (Å²) < 4.78 is 23.4. The van der Waals surface area contributed by atoms with Crippen LogP contribution < -0.4 is 4.74 Å². The molecule has 5 nitrogen and oxygen atoms in total. The molecule has 0 spiro atoms. The maximum atomic E-state index is 13.7. The monoisotopic (exact) mass is 238 g/mol. The zero-order valence-electron chi connectivity index (χ0n) is 9.35. The van der Waals surface area contributed by atoms with Crippen molar-refractivity contribution in [1.29, 1.82) is 0 Å². The molecule has 2 rings (SSSR count).